The number of imidazole rings is 2. The Morgan fingerprint density at radius 1 is 0.840 bits per heavy atom. The Labute approximate surface area is 137 Å². The van der Waals surface area contributed by atoms with Crippen LogP contribution in [0, 0.1) is 0 Å². The first kappa shape index (κ1) is 16.2. The van der Waals surface area contributed by atoms with Gasteiger partial charge in [0, 0.05) is 21.1 Å². The van der Waals surface area contributed by atoms with E-state index in [0.717, 1.165) is 0 Å². The topological polar surface area (TPSA) is 156 Å². The smallest absolute Gasteiger partial charge is 0.329 e. The Kier molecular flexibility index (Phi) is 3.71. The number of rotatable bonds is 0. The van der Waals surface area contributed by atoms with Crippen LogP contribution in [-0.2, 0) is 21.1 Å². The summed E-state index contributed by atoms with van der Waals surface area (Å²) in [5.41, 5.74) is -0.265. The van der Waals surface area contributed by atoms with Crippen LogP contribution in [0.4, 0.5) is 0 Å². The summed E-state index contributed by atoms with van der Waals surface area (Å²) >= 11 is 0. The molecule has 25 heavy (non-hydrogen) atoms. The molecule has 0 atom stereocenters. The van der Waals surface area contributed by atoms with Gasteiger partial charge >= 0.3 is 11.4 Å². The summed E-state index contributed by atoms with van der Waals surface area (Å²) in [6.45, 7) is 0. The molecule has 0 aliphatic rings. The van der Waals surface area contributed by atoms with E-state index in [2.05, 4.69) is 24.9 Å². The largest absolute Gasteiger partial charge is 0.339 e. The van der Waals surface area contributed by atoms with Crippen LogP contribution >= 0.6 is 0 Å². The molecule has 0 saturated carbocycles. The van der Waals surface area contributed by atoms with E-state index in [-0.39, 0.29) is 0 Å². The third-order valence-electron chi connectivity index (χ3n) is 3.66. The molecule has 0 unspecified atom stereocenters. The molecule has 0 aromatic carbocycles. The lowest BCUT2D eigenvalue weighted by Gasteiger charge is -1.97. The third kappa shape index (κ3) is 2.58. The number of hydrogen-bond acceptors (Lipinski definition) is 6. The molecule has 0 fully saturated rings. The predicted molar refractivity (Wildman–Crippen MR) is 88.5 cm³/mol. The fraction of sp³-hybridized carbons (Fsp3) is 0.231. The van der Waals surface area contributed by atoms with Gasteiger partial charge in [-0.15, -0.1) is 0 Å². The highest BCUT2D eigenvalue weighted by molar-refractivity contribution is 5.69. The SMILES string of the molecule is Cn1c(=O)[nH]c(=O)c2[nH]cnc21.Cn1cnc2c1c(=O)[nH]c(=O)n2C. The average molecular weight is 346 g/mol. The van der Waals surface area contributed by atoms with Gasteiger partial charge in [0.15, 0.2) is 16.8 Å². The second-order valence-corrected chi connectivity index (χ2v) is 5.27. The Hall–Kier alpha value is -3.70. The van der Waals surface area contributed by atoms with Crippen LogP contribution in [0.1, 0.15) is 0 Å². The van der Waals surface area contributed by atoms with Crippen molar-refractivity contribution in [3.05, 3.63) is 54.3 Å². The van der Waals surface area contributed by atoms with E-state index in [1.165, 1.54) is 21.8 Å². The second-order valence-electron chi connectivity index (χ2n) is 5.27. The predicted octanol–water partition coefficient (Wildman–Crippen LogP) is -2.09. The number of H-pyrrole nitrogens is 3. The Balaban J connectivity index is 0.000000146. The minimum absolute atomic E-state index is 0.317. The third-order valence-corrected chi connectivity index (χ3v) is 3.66. The molecule has 0 spiro atoms. The number of nitrogens with one attached hydrogen (secondary N) is 3. The van der Waals surface area contributed by atoms with Gasteiger partial charge in [0.2, 0.25) is 0 Å². The summed E-state index contributed by atoms with van der Waals surface area (Å²) in [7, 11) is 4.81. The maximum Gasteiger partial charge on any atom is 0.329 e. The summed E-state index contributed by atoms with van der Waals surface area (Å²) in [6, 6.07) is 0. The van der Waals surface area contributed by atoms with Gasteiger partial charge in [0.25, 0.3) is 11.1 Å². The lowest BCUT2D eigenvalue weighted by atomic mass is 10.5. The zero-order valence-electron chi connectivity index (χ0n) is 13.5. The lowest BCUT2D eigenvalue weighted by Crippen LogP contribution is -2.28. The van der Waals surface area contributed by atoms with E-state index in [1.807, 2.05) is 0 Å². The van der Waals surface area contributed by atoms with E-state index < -0.39 is 22.5 Å². The van der Waals surface area contributed by atoms with Crippen molar-refractivity contribution in [2.75, 3.05) is 0 Å². The van der Waals surface area contributed by atoms with Crippen molar-refractivity contribution in [1.82, 2.24) is 38.6 Å². The minimum atomic E-state index is -0.459. The molecule has 0 aliphatic carbocycles. The normalized spacial score (nSPS) is 10.8. The van der Waals surface area contributed by atoms with Crippen LogP contribution in [0.25, 0.3) is 22.3 Å². The summed E-state index contributed by atoms with van der Waals surface area (Å²) in [5, 5.41) is 0. The first-order valence-electron chi connectivity index (χ1n) is 7.04. The number of fused-ring (bicyclic) bond motifs is 2. The average Bonchev–Trinajstić information content (AvgIpc) is 3.19. The van der Waals surface area contributed by atoms with Crippen molar-refractivity contribution in [2.45, 2.75) is 0 Å². The van der Waals surface area contributed by atoms with E-state index in [4.69, 9.17) is 0 Å². The van der Waals surface area contributed by atoms with Gasteiger partial charge in [-0.3, -0.25) is 28.7 Å². The van der Waals surface area contributed by atoms with Crippen molar-refractivity contribution >= 4 is 22.3 Å². The van der Waals surface area contributed by atoms with Crippen LogP contribution in [0.3, 0.4) is 0 Å². The molecular formula is C13H14N8O4. The molecule has 0 amide bonds. The standard InChI is InChI=1S/C7H8N4O2.C6H6N4O2/c1-10-3-8-5-4(10)6(12)9-7(13)11(5)2;1-10-4-3(7-2-8-4)5(11)9-6(10)12/h3H,1-2H3,(H,9,12,13);2H,1H3,(H,7,8)(H,9,11,12). The Morgan fingerprint density at radius 2 is 1.44 bits per heavy atom. The Morgan fingerprint density at radius 3 is 2.12 bits per heavy atom. The van der Waals surface area contributed by atoms with Crippen LogP contribution in [0.5, 0.6) is 0 Å². The molecule has 12 nitrogen and oxygen atoms in total. The summed E-state index contributed by atoms with van der Waals surface area (Å²) < 4.78 is 4.15. The molecule has 4 aromatic heterocycles. The molecule has 0 saturated heterocycles. The Bertz CT molecular complexity index is 1310. The van der Waals surface area contributed by atoms with Crippen LogP contribution in [0.15, 0.2) is 31.8 Å². The van der Waals surface area contributed by atoms with Crippen molar-refractivity contribution in [3.63, 3.8) is 0 Å². The van der Waals surface area contributed by atoms with Crippen LogP contribution in [0.2, 0.25) is 0 Å². The molecular weight excluding hydrogens is 332 g/mol. The van der Waals surface area contributed by atoms with Gasteiger partial charge in [-0.25, -0.2) is 19.6 Å². The zero-order valence-corrected chi connectivity index (χ0v) is 13.5. The van der Waals surface area contributed by atoms with Gasteiger partial charge in [-0.1, -0.05) is 0 Å². The molecule has 4 aromatic rings. The fourth-order valence-corrected chi connectivity index (χ4v) is 2.31. The van der Waals surface area contributed by atoms with Gasteiger partial charge in [0.05, 0.1) is 12.7 Å². The summed E-state index contributed by atoms with van der Waals surface area (Å²) in [6.07, 6.45) is 2.87. The van der Waals surface area contributed by atoms with Gasteiger partial charge in [-0.2, -0.15) is 0 Å². The van der Waals surface area contributed by atoms with Crippen LogP contribution in [-0.4, -0.2) is 38.6 Å². The summed E-state index contributed by atoms with van der Waals surface area (Å²) in [5.74, 6) is 0. The lowest BCUT2D eigenvalue weighted by molar-refractivity contribution is 0.829. The number of aromatic amines is 3. The maximum atomic E-state index is 11.3. The summed E-state index contributed by atoms with van der Waals surface area (Å²) in [4.78, 5) is 59.3. The van der Waals surface area contributed by atoms with Gasteiger partial charge in [0.1, 0.15) is 5.52 Å². The molecule has 0 bridgehead atoms. The molecule has 4 rings (SSSR count). The zero-order chi connectivity index (χ0) is 18.3. The van der Waals surface area contributed by atoms with E-state index >= 15 is 0 Å². The van der Waals surface area contributed by atoms with Crippen molar-refractivity contribution < 1.29 is 0 Å². The number of aromatic nitrogens is 8. The molecule has 0 aliphatic heterocycles. The number of aryl methyl sites for hydroxylation is 3. The van der Waals surface area contributed by atoms with Crippen molar-refractivity contribution in [1.29, 1.82) is 0 Å². The monoisotopic (exact) mass is 346 g/mol. The molecule has 3 N–H and O–H groups in total. The van der Waals surface area contributed by atoms with E-state index in [9.17, 15) is 19.2 Å². The molecule has 4 heterocycles. The molecule has 0 radical (unpaired) electrons. The fourth-order valence-electron chi connectivity index (χ4n) is 2.31. The maximum absolute atomic E-state index is 11.3. The molecule has 12 heteroatoms. The second kappa shape index (κ2) is 5.74. The van der Waals surface area contributed by atoms with Crippen molar-refractivity contribution in [3.8, 4) is 0 Å². The van der Waals surface area contributed by atoms with Crippen LogP contribution < -0.4 is 22.5 Å². The van der Waals surface area contributed by atoms with Gasteiger partial charge < -0.3 is 9.55 Å². The quantitative estimate of drug-likeness (QED) is 0.331. The van der Waals surface area contributed by atoms with Crippen molar-refractivity contribution in [2.24, 2.45) is 21.1 Å². The number of hydrogen-bond donors (Lipinski definition) is 3. The highest BCUT2D eigenvalue weighted by atomic mass is 16.2. The first-order chi connectivity index (χ1) is 11.8. The highest BCUT2D eigenvalue weighted by Crippen LogP contribution is 2.00. The number of nitrogens with zero attached hydrogens (tertiary/aromatic N) is 5. The van der Waals surface area contributed by atoms with E-state index in [0.29, 0.717) is 22.3 Å². The molecule has 130 valence electrons. The first-order valence-corrected chi connectivity index (χ1v) is 7.04. The minimum Gasteiger partial charge on any atom is -0.339 e. The highest BCUT2D eigenvalue weighted by Gasteiger charge is 2.08. The van der Waals surface area contributed by atoms with Gasteiger partial charge in [-0.05, 0) is 0 Å². The van der Waals surface area contributed by atoms with E-state index in [1.54, 1.807) is 25.7 Å².